The summed E-state index contributed by atoms with van der Waals surface area (Å²) in [5, 5.41) is 7.58. The normalized spacial score (nSPS) is 19.9. The van der Waals surface area contributed by atoms with Crippen LogP contribution in [-0.4, -0.2) is 31.0 Å². The van der Waals surface area contributed by atoms with Crippen LogP contribution in [0.4, 0.5) is 5.00 Å². The van der Waals surface area contributed by atoms with Gasteiger partial charge in [-0.3, -0.25) is 4.79 Å². The van der Waals surface area contributed by atoms with Crippen molar-refractivity contribution in [2.45, 2.75) is 26.1 Å². The molecule has 0 aliphatic carbocycles. The largest absolute Gasteiger partial charge is 0.494 e. The molecular weight excluding hydrogens is 322 g/mol. The van der Waals surface area contributed by atoms with Gasteiger partial charge in [0.15, 0.2) is 0 Å². The molecule has 4 rings (SSSR count). The van der Waals surface area contributed by atoms with Gasteiger partial charge in [0, 0.05) is 18.0 Å². The molecule has 5 nitrogen and oxygen atoms in total. The molecule has 0 saturated carbocycles. The van der Waals surface area contributed by atoms with E-state index in [1.165, 1.54) is 10.4 Å². The fraction of sp³-hybridized carbons (Fsp3) is 0.389. The van der Waals surface area contributed by atoms with Crippen LogP contribution in [0.3, 0.4) is 0 Å². The topological polar surface area (TPSA) is 53.6 Å². The zero-order valence-electron chi connectivity index (χ0n) is 13.9. The second-order valence-electron chi connectivity index (χ2n) is 6.25. The van der Waals surface area contributed by atoms with Gasteiger partial charge in [0.2, 0.25) is 0 Å². The van der Waals surface area contributed by atoms with E-state index >= 15 is 0 Å². The maximum Gasteiger partial charge on any atom is 0.256 e. The Labute approximate surface area is 145 Å². The minimum absolute atomic E-state index is 0.0321. The van der Waals surface area contributed by atoms with Gasteiger partial charge in [-0.25, -0.2) is 0 Å². The zero-order valence-corrected chi connectivity index (χ0v) is 14.7. The maximum atomic E-state index is 12.7. The van der Waals surface area contributed by atoms with Crippen LogP contribution >= 0.6 is 11.3 Å². The van der Waals surface area contributed by atoms with E-state index in [4.69, 9.17) is 4.74 Å². The van der Waals surface area contributed by atoms with E-state index in [0.717, 1.165) is 41.4 Å². The number of amides is 1. The molecule has 126 valence electrons. The highest BCUT2D eigenvalue weighted by molar-refractivity contribution is 7.16. The van der Waals surface area contributed by atoms with Crippen LogP contribution in [0.5, 0.6) is 5.75 Å². The van der Waals surface area contributed by atoms with Crippen molar-refractivity contribution in [2.24, 2.45) is 0 Å². The van der Waals surface area contributed by atoms with E-state index in [-0.39, 0.29) is 12.1 Å². The summed E-state index contributed by atoms with van der Waals surface area (Å²) >= 11 is 1.72. The van der Waals surface area contributed by atoms with Crippen molar-refractivity contribution in [3.8, 4) is 5.75 Å². The molecule has 0 saturated heterocycles. The number of anilines is 1. The number of hydrogen-bond donors (Lipinski definition) is 2. The molecule has 24 heavy (non-hydrogen) atoms. The second kappa shape index (κ2) is 6.11. The maximum absolute atomic E-state index is 12.7. The number of hydrogen-bond acceptors (Lipinski definition) is 5. The number of fused-ring (bicyclic) bond motifs is 3. The number of carbonyl (C=O) groups is 1. The number of nitrogens with one attached hydrogen (secondary N) is 2. The molecule has 1 amide bonds. The first kappa shape index (κ1) is 15.5. The summed E-state index contributed by atoms with van der Waals surface area (Å²) in [6.45, 7) is 4.55. The lowest BCUT2D eigenvalue weighted by Crippen LogP contribution is -2.38. The molecule has 0 fully saturated rings. The third kappa shape index (κ3) is 2.65. The molecule has 1 aromatic heterocycles. The highest BCUT2D eigenvalue weighted by atomic mass is 32.1. The predicted molar refractivity (Wildman–Crippen MR) is 95.8 cm³/mol. The molecule has 0 unspecified atom stereocenters. The molecular formula is C18H21N3O2S. The van der Waals surface area contributed by atoms with Crippen LogP contribution in [0, 0.1) is 0 Å². The molecule has 2 aliphatic heterocycles. The van der Waals surface area contributed by atoms with E-state index in [0.29, 0.717) is 6.61 Å². The van der Waals surface area contributed by atoms with Gasteiger partial charge in [-0.2, -0.15) is 0 Å². The number of thiophene rings is 1. The Balaban J connectivity index is 1.61. The first-order chi connectivity index (χ1) is 11.7. The van der Waals surface area contributed by atoms with Gasteiger partial charge in [-0.05, 0) is 43.7 Å². The molecule has 0 spiro atoms. The second-order valence-corrected chi connectivity index (χ2v) is 7.35. The van der Waals surface area contributed by atoms with Crippen molar-refractivity contribution in [3.63, 3.8) is 0 Å². The lowest BCUT2D eigenvalue weighted by Gasteiger charge is -2.27. The predicted octanol–water partition coefficient (Wildman–Crippen LogP) is 2.99. The first-order valence-electron chi connectivity index (χ1n) is 8.29. The number of likely N-dealkylation sites (N-methyl/N-ethyl adjacent to an activating group) is 1. The zero-order chi connectivity index (χ0) is 16.7. The molecule has 0 radical (unpaired) electrons. The fourth-order valence-corrected chi connectivity index (χ4v) is 4.69. The smallest absolute Gasteiger partial charge is 0.256 e. The van der Waals surface area contributed by atoms with Gasteiger partial charge in [0.25, 0.3) is 5.91 Å². The van der Waals surface area contributed by atoms with Crippen molar-refractivity contribution < 1.29 is 9.53 Å². The van der Waals surface area contributed by atoms with Gasteiger partial charge in [0.05, 0.1) is 12.2 Å². The van der Waals surface area contributed by atoms with Gasteiger partial charge in [0.1, 0.15) is 16.9 Å². The van der Waals surface area contributed by atoms with Crippen LogP contribution < -0.4 is 15.4 Å². The van der Waals surface area contributed by atoms with Gasteiger partial charge in [-0.15, -0.1) is 11.3 Å². The number of nitrogens with zero attached hydrogens (tertiary/aromatic N) is 1. The lowest BCUT2D eigenvalue weighted by atomic mass is 10.0. The standard InChI is InChI=1S/C18H21N3O2S/c1-3-23-12-6-4-11(5-7-12)16-19-17(22)15-13-8-9-21(2)10-14(13)24-18(15)20-16/h4-7,16,20H,3,8-10H2,1-2H3,(H,19,22)/t16-/m0/s1. The molecule has 2 aromatic rings. The van der Waals surface area contributed by atoms with Crippen LogP contribution in [0.2, 0.25) is 0 Å². The Kier molecular flexibility index (Phi) is 3.94. The van der Waals surface area contributed by atoms with Crippen LogP contribution in [0.1, 0.15) is 39.5 Å². The average molecular weight is 343 g/mol. The van der Waals surface area contributed by atoms with Gasteiger partial charge < -0.3 is 20.3 Å². The quantitative estimate of drug-likeness (QED) is 0.900. The van der Waals surface area contributed by atoms with Gasteiger partial charge in [-0.1, -0.05) is 12.1 Å². The molecule has 3 heterocycles. The Morgan fingerprint density at radius 2 is 2.08 bits per heavy atom. The van der Waals surface area contributed by atoms with Crippen molar-refractivity contribution in [2.75, 3.05) is 25.5 Å². The first-order valence-corrected chi connectivity index (χ1v) is 9.10. The Bertz CT molecular complexity index is 769. The summed E-state index contributed by atoms with van der Waals surface area (Å²) in [4.78, 5) is 16.3. The lowest BCUT2D eigenvalue weighted by molar-refractivity contribution is 0.0935. The summed E-state index contributed by atoms with van der Waals surface area (Å²) in [5.74, 6) is 0.878. The summed E-state index contributed by atoms with van der Waals surface area (Å²) in [7, 11) is 2.12. The highest BCUT2D eigenvalue weighted by Gasteiger charge is 2.32. The van der Waals surface area contributed by atoms with Gasteiger partial charge >= 0.3 is 0 Å². The third-order valence-electron chi connectivity index (χ3n) is 4.55. The summed E-state index contributed by atoms with van der Waals surface area (Å²) in [6.07, 6.45) is 0.749. The van der Waals surface area contributed by atoms with Crippen LogP contribution in [0.25, 0.3) is 0 Å². The van der Waals surface area contributed by atoms with Crippen LogP contribution in [-0.2, 0) is 13.0 Å². The summed E-state index contributed by atoms with van der Waals surface area (Å²) < 4.78 is 5.48. The van der Waals surface area contributed by atoms with E-state index in [1.807, 2.05) is 31.2 Å². The monoisotopic (exact) mass is 343 g/mol. The fourth-order valence-electron chi connectivity index (χ4n) is 3.33. The number of benzene rings is 1. The molecule has 1 atom stereocenters. The third-order valence-corrected chi connectivity index (χ3v) is 5.70. The molecule has 2 aliphatic rings. The average Bonchev–Trinajstić information content (AvgIpc) is 2.93. The summed E-state index contributed by atoms with van der Waals surface area (Å²) in [6, 6.07) is 7.87. The van der Waals surface area contributed by atoms with Crippen molar-refractivity contribution in [1.29, 1.82) is 0 Å². The number of carbonyl (C=O) groups excluding carboxylic acids is 1. The number of rotatable bonds is 3. The Morgan fingerprint density at radius 1 is 1.29 bits per heavy atom. The van der Waals surface area contributed by atoms with E-state index in [2.05, 4.69) is 22.6 Å². The number of ether oxygens (including phenoxy) is 1. The van der Waals surface area contributed by atoms with Crippen molar-refractivity contribution in [3.05, 3.63) is 45.8 Å². The minimum atomic E-state index is -0.196. The summed E-state index contributed by atoms with van der Waals surface area (Å²) in [5.41, 5.74) is 3.11. The van der Waals surface area contributed by atoms with Crippen LogP contribution in [0.15, 0.2) is 24.3 Å². The molecule has 0 bridgehead atoms. The van der Waals surface area contributed by atoms with Crippen molar-refractivity contribution >= 4 is 22.2 Å². The van der Waals surface area contributed by atoms with E-state index < -0.39 is 0 Å². The Morgan fingerprint density at radius 3 is 2.83 bits per heavy atom. The van der Waals surface area contributed by atoms with E-state index in [9.17, 15) is 4.79 Å². The SMILES string of the molecule is CCOc1ccc([C@H]2NC(=O)c3c(sc4c3CCN(C)C4)N2)cc1. The molecule has 1 aromatic carbocycles. The molecule has 2 N–H and O–H groups in total. The Hall–Kier alpha value is -2.05. The van der Waals surface area contributed by atoms with E-state index in [1.54, 1.807) is 11.3 Å². The highest BCUT2D eigenvalue weighted by Crippen LogP contribution is 2.40. The van der Waals surface area contributed by atoms with Crippen molar-refractivity contribution in [1.82, 2.24) is 10.2 Å². The molecule has 6 heteroatoms. The minimum Gasteiger partial charge on any atom is -0.494 e.